The number of anilines is 1. The number of hydrogen-bond acceptors (Lipinski definition) is 4. The van der Waals surface area contributed by atoms with Gasteiger partial charge in [-0.3, -0.25) is 0 Å². The molecule has 1 aliphatic carbocycles. The lowest BCUT2D eigenvalue weighted by Crippen LogP contribution is -2.52. The topological polar surface area (TPSA) is 47.6 Å². The summed E-state index contributed by atoms with van der Waals surface area (Å²) in [6.07, 6.45) is 3.45. The molecule has 0 amide bonds. The largest absolute Gasteiger partial charge is 0.467 e. The Kier molecular flexibility index (Phi) is 4.65. The smallest absolute Gasteiger partial charge is 0.331 e. The van der Waals surface area contributed by atoms with Crippen LogP contribution < -0.4 is 5.32 Å². The van der Waals surface area contributed by atoms with Crippen LogP contribution in [-0.4, -0.2) is 31.8 Å². The van der Waals surface area contributed by atoms with E-state index < -0.39 is 5.54 Å². The average Bonchev–Trinajstić information content (AvgIpc) is 2.49. The van der Waals surface area contributed by atoms with Gasteiger partial charge in [0, 0.05) is 19.2 Å². The van der Waals surface area contributed by atoms with E-state index in [1.807, 2.05) is 31.2 Å². The highest BCUT2D eigenvalue weighted by molar-refractivity contribution is 5.84. The molecule has 2 rings (SSSR count). The van der Waals surface area contributed by atoms with Crippen LogP contribution >= 0.6 is 0 Å². The summed E-state index contributed by atoms with van der Waals surface area (Å²) in [5, 5.41) is 3.38. The summed E-state index contributed by atoms with van der Waals surface area (Å²) in [5.41, 5.74) is 1.46. The maximum absolute atomic E-state index is 12.3. The molecular formula is C16H23NO3. The Morgan fingerprint density at radius 2 is 2.00 bits per heavy atom. The van der Waals surface area contributed by atoms with Crippen molar-refractivity contribution in [1.82, 2.24) is 0 Å². The minimum atomic E-state index is -0.678. The molecule has 1 aliphatic rings. The van der Waals surface area contributed by atoms with Crippen LogP contribution in [0.2, 0.25) is 0 Å². The fourth-order valence-electron chi connectivity index (χ4n) is 2.88. The molecule has 1 saturated carbocycles. The second-order valence-electron chi connectivity index (χ2n) is 5.52. The summed E-state index contributed by atoms with van der Waals surface area (Å²) < 4.78 is 10.5. The standard InChI is InChI=1S/C16H23NO3/c1-12-6-8-13(9-7-12)17-16(15(18)20-3)10-4-5-14(11-16)19-2/h6-9,14,17H,4-5,10-11H2,1-3H3. The molecule has 0 spiro atoms. The van der Waals surface area contributed by atoms with Crippen molar-refractivity contribution in [3.8, 4) is 0 Å². The third kappa shape index (κ3) is 3.12. The third-order valence-electron chi connectivity index (χ3n) is 4.05. The molecular weight excluding hydrogens is 254 g/mol. The molecule has 1 N–H and O–H groups in total. The number of benzene rings is 1. The van der Waals surface area contributed by atoms with E-state index in [0.717, 1.165) is 24.9 Å². The van der Waals surface area contributed by atoms with Crippen LogP contribution in [0.25, 0.3) is 0 Å². The lowest BCUT2D eigenvalue weighted by molar-refractivity contribution is -0.149. The normalized spacial score (nSPS) is 26.1. The Hall–Kier alpha value is -1.55. The van der Waals surface area contributed by atoms with Crippen molar-refractivity contribution in [2.24, 2.45) is 0 Å². The molecule has 0 radical (unpaired) electrons. The first kappa shape index (κ1) is 14.9. The zero-order valence-corrected chi connectivity index (χ0v) is 12.4. The van der Waals surface area contributed by atoms with E-state index in [9.17, 15) is 4.79 Å². The first-order chi connectivity index (χ1) is 9.59. The van der Waals surface area contributed by atoms with Gasteiger partial charge in [0.05, 0.1) is 13.2 Å². The van der Waals surface area contributed by atoms with Gasteiger partial charge in [-0.1, -0.05) is 17.7 Å². The summed E-state index contributed by atoms with van der Waals surface area (Å²) in [5.74, 6) is -0.208. The molecule has 2 unspecified atom stereocenters. The van der Waals surface area contributed by atoms with Crippen molar-refractivity contribution in [3.63, 3.8) is 0 Å². The fourth-order valence-corrected chi connectivity index (χ4v) is 2.88. The minimum absolute atomic E-state index is 0.0980. The molecule has 0 aliphatic heterocycles. The summed E-state index contributed by atoms with van der Waals surface area (Å²) in [7, 11) is 3.14. The van der Waals surface area contributed by atoms with E-state index in [2.05, 4.69) is 5.32 Å². The maximum Gasteiger partial charge on any atom is 0.331 e. The zero-order valence-electron chi connectivity index (χ0n) is 12.4. The number of hydrogen-bond donors (Lipinski definition) is 1. The van der Waals surface area contributed by atoms with E-state index >= 15 is 0 Å². The van der Waals surface area contributed by atoms with Crippen molar-refractivity contribution in [2.45, 2.75) is 44.2 Å². The van der Waals surface area contributed by atoms with Gasteiger partial charge in [0.1, 0.15) is 5.54 Å². The molecule has 0 bridgehead atoms. The van der Waals surface area contributed by atoms with Crippen LogP contribution in [-0.2, 0) is 14.3 Å². The second-order valence-corrected chi connectivity index (χ2v) is 5.52. The van der Waals surface area contributed by atoms with Gasteiger partial charge in [0.15, 0.2) is 0 Å². The van der Waals surface area contributed by atoms with Gasteiger partial charge in [-0.25, -0.2) is 4.79 Å². The average molecular weight is 277 g/mol. The molecule has 1 fully saturated rings. The van der Waals surface area contributed by atoms with Crippen LogP contribution in [0.5, 0.6) is 0 Å². The SMILES string of the molecule is COC(=O)C1(Nc2ccc(C)cc2)CCCC(OC)C1. The molecule has 4 heteroatoms. The van der Waals surface area contributed by atoms with E-state index in [0.29, 0.717) is 6.42 Å². The van der Waals surface area contributed by atoms with Gasteiger partial charge < -0.3 is 14.8 Å². The number of carbonyl (C=O) groups excluding carboxylic acids is 1. The second kappa shape index (κ2) is 6.27. The molecule has 0 saturated heterocycles. The molecule has 0 heterocycles. The molecule has 0 aromatic heterocycles. The highest BCUT2D eigenvalue weighted by Crippen LogP contribution is 2.34. The fraction of sp³-hybridized carbons (Fsp3) is 0.562. The van der Waals surface area contributed by atoms with E-state index in [1.165, 1.54) is 12.7 Å². The molecule has 1 aromatic rings. The van der Waals surface area contributed by atoms with Crippen LogP contribution in [0.3, 0.4) is 0 Å². The van der Waals surface area contributed by atoms with Gasteiger partial charge in [-0.05, 0) is 38.3 Å². The first-order valence-corrected chi connectivity index (χ1v) is 7.06. The molecule has 1 aromatic carbocycles. The Bertz CT molecular complexity index is 457. The van der Waals surface area contributed by atoms with Crippen LogP contribution in [0.1, 0.15) is 31.2 Å². The summed E-state index contributed by atoms with van der Waals surface area (Å²) >= 11 is 0. The van der Waals surface area contributed by atoms with E-state index in [1.54, 1.807) is 7.11 Å². The Morgan fingerprint density at radius 3 is 2.60 bits per heavy atom. The van der Waals surface area contributed by atoms with Crippen molar-refractivity contribution in [3.05, 3.63) is 29.8 Å². The number of methoxy groups -OCH3 is 2. The van der Waals surface area contributed by atoms with Crippen molar-refractivity contribution < 1.29 is 14.3 Å². The van der Waals surface area contributed by atoms with Gasteiger partial charge in [-0.2, -0.15) is 0 Å². The molecule has 20 heavy (non-hydrogen) atoms. The van der Waals surface area contributed by atoms with Gasteiger partial charge in [0.2, 0.25) is 0 Å². The number of esters is 1. The monoisotopic (exact) mass is 277 g/mol. The Balaban J connectivity index is 2.22. The van der Waals surface area contributed by atoms with E-state index in [4.69, 9.17) is 9.47 Å². The predicted molar refractivity (Wildman–Crippen MR) is 78.8 cm³/mol. The lowest BCUT2D eigenvalue weighted by atomic mass is 9.79. The molecule has 4 nitrogen and oxygen atoms in total. The number of carbonyl (C=O) groups is 1. The van der Waals surface area contributed by atoms with Crippen LogP contribution in [0.4, 0.5) is 5.69 Å². The lowest BCUT2D eigenvalue weighted by Gasteiger charge is -2.39. The van der Waals surface area contributed by atoms with Gasteiger partial charge in [0.25, 0.3) is 0 Å². The highest BCUT2D eigenvalue weighted by atomic mass is 16.5. The molecule has 110 valence electrons. The number of rotatable bonds is 4. The first-order valence-electron chi connectivity index (χ1n) is 7.06. The Morgan fingerprint density at radius 1 is 1.30 bits per heavy atom. The zero-order chi connectivity index (χ0) is 14.6. The summed E-state index contributed by atoms with van der Waals surface area (Å²) in [6.45, 7) is 2.04. The van der Waals surface area contributed by atoms with Crippen LogP contribution in [0, 0.1) is 6.92 Å². The van der Waals surface area contributed by atoms with Gasteiger partial charge >= 0.3 is 5.97 Å². The molecule has 2 atom stereocenters. The number of aryl methyl sites for hydroxylation is 1. The quantitative estimate of drug-likeness (QED) is 0.860. The predicted octanol–water partition coefficient (Wildman–Crippen LogP) is 2.91. The van der Waals surface area contributed by atoms with Gasteiger partial charge in [-0.15, -0.1) is 0 Å². The third-order valence-corrected chi connectivity index (χ3v) is 4.05. The Labute approximate surface area is 120 Å². The highest BCUT2D eigenvalue weighted by Gasteiger charge is 2.44. The summed E-state index contributed by atoms with van der Waals surface area (Å²) in [6, 6.07) is 8.06. The van der Waals surface area contributed by atoms with Crippen molar-refractivity contribution in [1.29, 1.82) is 0 Å². The maximum atomic E-state index is 12.3. The number of ether oxygens (including phenoxy) is 2. The van der Waals surface area contributed by atoms with Crippen molar-refractivity contribution >= 4 is 11.7 Å². The minimum Gasteiger partial charge on any atom is -0.467 e. The van der Waals surface area contributed by atoms with Crippen molar-refractivity contribution in [2.75, 3.05) is 19.5 Å². The summed E-state index contributed by atoms with van der Waals surface area (Å²) in [4.78, 5) is 12.3. The van der Waals surface area contributed by atoms with E-state index in [-0.39, 0.29) is 12.1 Å². The number of nitrogens with one attached hydrogen (secondary N) is 1. The van der Waals surface area contributed by atoms with Crippen LogP contribution in [0.15, 0.2) is 24.3 Å².